The minimum Gasteiger partial charge on any atom is -0.437 e. The molecule has 1 aromatic heterocycles. The number of nitrogen functional groups attached to an aromatic ring is 1. The van der Waals surface area contributed by atoms with Gasteiger partial charge >= 0.3 is 0 Å². The summed E-state index contributed by atoms with van der Waals surface area (Å²) in [7, 11) is 0. The van der Waals surface area contributed by atoms with Crippen molar-refractivity contribution in [3.05, 3.63) is 40.0 Å². The van der Waals surface area contributed by atoms with Crippen LogP contribution >= 0.6 is 27.5 Å². The third-order valence-electron chi connectivity index (χ3n) is 1.80. The van der Waals surface area contributed by atoms with Crippen molar-refractivity contribution in [1.82, 2.24) is 9.97 Å². The highest BCUT2D eigenvalue weighted by molar-refractivity contribution is 9.10. The summed E-state index contributed by atoms with van der Waals surface area (Å²) in [5, 5.41) is 0.00432. The van der Waals surface area contributed by atoms with Crippen molar-refractivity contribution in [2.75, 3.05) is 5.73 Å². The monoisotopic (exact) mass is 317 g/mol. The van der Waals surface area contributed by atoms with Crippen LogP contribution in [0.15, 0.2) is 28.9 Å². The molecule has 88 valence electrons. The molecule has 17 heavy (non-hydrogen) atoms. The van der Waals surface area contributed by atoms with E-state index in [0.29, 0.717) is 4.47 Å². The first kappa shape index (κ1) is 12.1. The Balaban J connectivity index is 2.34. The summed E-state index contributed by atoms with van der Waals surface area (Å²) in [4.78, 5) is 7.48. The van der Waals surface area contributed by atoms with Gasteiger partial charge in [-0.3, -0.25) is 0 Å². The van der Waals surface area contributed by atoms with Gasteiger partial charge in [0.05, 0.1) is 6.20 Å². The zero-order valence-corrected chi connectivity index (χ0v) is 10.7. The van der Waals surface area contributed by atoms with Crippen LogP contribution in [0.2, 0.25) is 5.28 Å². The van der Waals surface area contributed by atoms with E-state index in [0.717, 1.165) is 0 Å². The minimum atomic E-state index is -0.437. The Labute approximate surface area is 110 Å². The molecule has 0 spiro atoms. The molecule has 2 N–H and O–H groups in total. The van der Waals surface area contributed by atoms with Gasteiger partial charge in [0, 0.05) is 10.5 Å². The molecular formula is C10H6BrClFN3O. The van der Waals surface area contributed by atoms with Crippen molar-refractivity contribution < 1.29 is 9.13 Å². The highest BCUT2D eigenvalue weighted by Gasteiger charge is 2.07. The fraction of sp³-hybridized carbons (Fsp3) is 0. The number of nitrogens with zero attached hydrogens (tertiary/aromatic N) is 2. The number of benzene rings is 1. The number of hydrogen-bond donors (Lipinski definition) is 1. The average Bonchev–Trinajstić information content (AvgIpc) is 2.22. The molecular weight excluding hydrogens is 312 g/mol. The summed E-state index contributed by atoms with van der Waals surface area (Å²) in [5.74, 6) is -0.0889. The molecule has 0 aliphatic heterocycles. The molecule has 0 atom stereocenters. The van der Waals surface area contributed by atoms with E-state index in [4.69, 9.17) is 22.1 Å². The lowest BCUT2D eigenvalue weighted by Gasteiger charge is -2.07. The maximum absolute atomic E-state index is 13.1. The highest BCUT2D eigenvalue weighted by Crippen LogP contribution is 2.28. The fourth-order valence-corrected chi connectivity index (χ4v) is 1.71. The number of ether oxygens (including phenoxy) is 1. The van der Waals surface area contributed by atoms with E-state index in [1.807, 2.05) is 0 Å². The minimum absolute atomic E-state index is 0.00432. The van der Waals surface area contributed by atoms with E-state index in [-0.39, 0.29) is 22.6 Å². The molecule has 1 heterocycles. The van der Waals surface area contributed by atoms with Gasteiger partial charge < -0.3 is 10.5 Å². The predicted molar refractivity (Wildman–Crippen MR) is 65.6 cm³/mol. The van der Waals surface area contributed by atoms with Crippen LogP contribution in [0.1, 0.15) is 0 Å². The van der Waals surface area contributed by atoms with Gasteiger partial charge in [-0.25, -0.2) is 9.37 Å². The Morgan fingerprint density at radius 3 is 2.82 bits per heavy atom. The number of anilines is 1. The summed E-state index contributed by atoms with van der Waals surface area (Å²) in [6.45, 7) is 0. The number of hydrogen-bond acceptors (Lipinski definition) is 4. The summed E-state index contributed by atoms with van der Waals surface area (Å²) >= 11 is 8.75. The number of nitrogens with two attached hydrogens (primary N) is 1. The second-order valence-electron chi connectivity index (χ2n) is 3.11. The number of rotatable bonds is 2. The molecule has 2 aromatic rings. The van der Waals surface area contributed by atoms with Crippen molar-refractivity contribution >= 4 is 33.2 Å². The summed E-state index contributed by atoms with van der Waals surface area (Å²) in [6, 6.07) is 4.10. The van der Waals surface area contributed by atoms with Gasteiger partial charge in [-0.05, 0) is 23.7 Å². The molecule has 0 saturated heterocycles. The lowest BCUT2D eigenvalue weighted by Crippen LogP contribution is -1.97. The first-order valence-corrected chi connectivity index (χ1v) is 5.63. The van der Waals surface area contributed by atoms with E-state index in [9.17, 15) is 4.39 Å². The largest absolute Gasteiger partial charge is 0.437 e. The van der Waals surface area contributed by atoms with Crippen LogP contribution in [0.3, 0.4) is 0 Å². The molecule has 0 unspecified atom stereocenters. The Morgan fingerprint density at radius 2 is 2.12 bits per heavy atom. The van der Waals surface area contributed by atoms with Crippen LogP contribution in [0.4, 0.5) is 10.1 Å². The van der Waals surface area contributed by atoms with Gasteiger partial charge in [-0.2, -0.15) is 4.98 Å². The molecule has 0 aliphatic carbocycles. The quantitative estimate of drug-likeness (QED) is 0.862. The zero-order chi connectivity index (χ0) is 12.4. The standard InChI is InChI=1S/C10H6BrClFN3O/c11-5-1-6(13)3-7(2-5)17-9-8(14)4-15-10(12)16-9/h1-4H,14H2. The SMILES string of the molecule is Nc1cnc(Cl)nc1Oc1cc(F)cc(Br)c1. The maximum Gasteiger partial charge on any atom is 0.247 e. The van der Waals surface area contributed by atoms with Crippen molar-refractivity contribution in [3.63, 3.8) is 0 Å². The van der Waals surface area contributed by atoms with E-state index in [1.54, 1.807) is 6.07 Å². The van der Waals surface area contributed by atoms with Crippen LogP contribution in [0, 0.1) is 5.82 Å². The summed E-state index contributed by atoms with van der Waals surface area (Å²) in [5.41, 5.74) is 5.82. The van der Waals surface area contributed by atoms with Crippen molar-refractivity contribution in [1.29, 1.82) is 0 Å². The first-order chi connectivity index (χ1) is 8.04. The van der Waals surface area contributed by atoms with Crippen LogP contribution < -0.4 is 10.5 Å². The molecule has 1 aromatic carbocycles. The zero-order valence-electron chi connectivity index (χ0n) is 8.32. The van der Waals surface area contributed by atoms with E-state index in [2.05, 4.69) is 25.9 Å². The average molecular weight is 319 g/mol. The van der Waals surface area contributed by atoms with Gasteiger partial charge in [0.1, 0.15) is 17.3 Å². The molecule has 2 rings (SSSR count). The molecule has 0 amide bonds. The molecule has 0 bridgehead atoms. The Kier molecular flexibility index (Phi) is 3.44. The lowest BCUT2D eigenvalue weighted by molar-refractivity contribution is 0.459. The van der Waals surface area contributed by atoms with E-state index < -0.39 is 5.82 Å². The van der Waals surface area contributed by atoms with Crippen LogP contribution in [0.5, 0.6) is 11.6 Å². The van der Waals surface area contributed by atoms with Crippen LogP contribution in [-0.4, -0.2) is 9.97 Å². The molecule has 0 fully saturated rings. The third kappa shape index (κ3) is 3.04. The van der Waals surface area contributed by atoms with Gasteiger partial charge in [0.25, 0.3) is 0 Å². The van der Waals surface area contributed by atoms with Gasteiger partial charge in [-0.15, -0.1) is 0 Å². The van der Waals surface area contributed by atoms with Gasteiger partial charge in [0.15, 0.2) is 0 Å². The Morgan fingerprint density at radius 1 is 1.35 bits per heavy atom. The van der Waals surface area contributed by atoms with Gasteiger partial charge in [0.2, 0.25) is 11.2 Å². The predicted octanol–water partition coefficient (Wildman–Crippen LogP) is 3.41. The topological polar surface area (TPSA) is 61.0 Å². The molecule has 4 nitrogen and oxygen atoms in total. The maximum atomic E-state index is 13.1. The molecule has 0 radical (unpaired) electrons. The van der Waals surface area contributed by atoms with Crippen molar-refractivity contribution in [2.45, 2.75) is 0 Å². The smallest absolute Gasteiger partial charge is 0.247 e. The second-order valence-corrected chi connectivity index (χ2v) is 4.36. The van der Waals surface area contributed by atoms with Crippen LogP contribution in [0.25, 0.3) is 0 Å². The second kappa shape index (κ2) is 4.85. The van der Waals surface area contributed by atoms with E-state index in [1.165, 1.54) is 18.3 Å². The number of aromatic nitrogens is 2. The molecule has 0 saturated carbocycles. The third-order valence-corrected chi connectivity index (χ3v) is 2.44. The highest BCUT2D eigenvalue weighted by atomic mass is 79.9. The first-order valence-electron chi connectivity index (χ1n) is 4.46. The Hall–Kier alpha value is -1.40. The lowest BCUT2D eigenvalue weighted by atomic mass is 10.3. The summed E-state index contributed by atoms with van der Waals surface area (Å²) in [6.07, 6.45) is 1.32. The molecule has 7 heteroatoms. The summed E-state index contributed by atoms with van der Waals surface area (Å²) < 4.78 is 19.0. The number of halogens is 3. The van der Waals surface area contributed by atoms with Gasteiger partial charge in [-0.1, -0.05) is 15.9 Å². The van der Waals surface area contributed by atoms with E-state index >= 15 is 0 Å². The van der Waals surface area contributed by atoms with Crippen molar-refractivity contribution in [2.24, 2.45) is 0 Å². The van der Waals surface area contributed by atoms with Crippen molar-refractivity contribution in [3.8, 4) is 11.6 Å². The normalized spacial score (nSPS) is 10.3. The molecule has 0 aliphatic rings. The van der Waals surface area contributed by atoms with Crippen LogP contribution in [-0.2, 0) is 0 Å². The fourth-order valence-electron chi connectivity index (χ4n) is 1.14. The Bertz CT molecular complexity index is 547.